The highest BCUT2D eigenvalue weighted by Gasteiger charge is 2.22. The first kappa shape index (κ1) is 16.6. The molecule has 0 unspecified atom stereocenters. The fraction of sp³-hybridized carbons (Fsp3) is 0.429. The summed E-state index contributed by atoms with van der Waals surface area (Å²) in [4.78, 5) is 22.5. The van der Waals surface area contributed by atoms with Gasteiger partial charge >= 0.3 is 6.09 Å². The van der Waals surface area contributed by atoms with Crippen LogP contribution in [0.15, 0.2) is 22.7 Å². The Morgan fingerprint density at radius 2 is 2.15 bits per heavy atom. The van der Waals surface area contributed by atoms with E-state index in [2.05, 4.69) is 21.2 Å². The van der Waals surface area contributed by atoms with Gasteiger partial charge in [0.25, 0.3) is 0 Å². The van der Waals surface area contributed by atoms with Crippen LogP contribution in [0.1, 0.15) is 38.8 Å². The lowest BCUT2D eigenvalue weighted by Crippen LogP contribution is -2.35. The number of halogens is 2. The van der Waals surface area contributed by atoms with Crippen LogP contribution in [0.2, 0.25) is 0 Å². The molecule has 0 spiro atoms. The van der Waals surface area contributed by atoms with Gasteiger partial charge in [0, 0.05) is 12.0 Å². The zero-order chi connectivity index (χ0) is 15.3. The fourth-order valence-corrected chi connectivity index (χ4v) is 1.98. The van der Waals surface area contributed by atoms with E-state index in [0.717, 1.165) is 0 Å². The summed E-state index contributed by atoms with van der Waals surface area (Å²) in [6, 6.07) is 3.94. The SMILES string of the molecule is CC(C)(C)OC(=O)N[C@@H](CC=O)c1cccc(Br)c1F. The molecule has 110 valence electrons. The summed E-state index contributed by atoms with van der Waals surface area (Å²) < 4.78 is 19.4. The van der Waals surface area contributed by atoms with Gasteiger partial charge in [0.05, 0.1) is 10.5 Å². The third-order valence-corrected chi connectivity index (χ3v) is 2.99. The fourth-order valence-electron chi connectivity index (χ4n) is 1.60. The molecule has 1 rings (SSSR count). The summed E-state index contributed by atoms with van der Waals surface area (Å²) in [5, 5.41) is 2.51. The summed E-state index contributed by atoms with van der Waals surface area (Å²) in [6.45, 7) is 5.17. The molecule has 1 aromatic carbocycles. The summed E-state index contributed by atoms with van der Waals surface area (Å²) >= 11 is 3.07. The van der Waals surface area contributed by atoms with Gasteiger partial charge in [-0.2, -0.15) is 0 Å². The van der Waals surface area contributed by atoms with E-state index in [4.69, 9.17) is 4.74 Å². The maximum atomic E-state index is 14.0. The van der Waals surface area contributed by atoms with E-state index in [1.807, 2.05) is 0 Å². The standard InChI is InChI=1S/C14H17BrFNO3/c1-14(2,3)20-13(19)17-11(7-8-18)9-5-4-6-10(15)12(9)16/h4-6,8,11H,7H2,1-3H3,(H,17,19)/t11-/m0/s1. The molecule has 1 aromatic rings. The van der Waals surface area contributed by atoms with Crippen LogP contribution in [-0.4, -0.2) is 18.0 Å². The molecule has 0 aliphatic heterocycles. The van der Waals surface area contributed by atoms with Crippen molar-refractivity contribution in [2.75, 3.05) is 0 Å². The molecule has 0 saturated carbocycles. The number of hydrogen-bond acceptors (Lipinski definition) is 3. The van der Waals surface area contributed by atoms with Crippen LogP contribution in [-0.2, 0) is 9.53 Å². The van der Waals surface area contributed by atoms with Crippen molar-refractivity contribution in [3.63, 3.8) is 0 Å². The minimum Gasteiger partial charge on any atom is -0.444 e. The quantitative estimate of drug-likeness (QED) is 0.845. The molecule has 0 aromatic heterocycles. The Morgan fingerprint density at radius 3 is 2.70 bits per heavy atom. The predicted molar refractivity (Wildman–Crippen MR) is 76.9 cm³/mol. The lowest BCUT2D eigenvalue weighted by molar-refractivity contribution is -0.108. The second-order valence-electron chi connectivity index (χ2n) is 5.24. The molecule has 1 atom stereocenters. The van der Waals surface area contributed by atoms with Crippen molar-refractivity contribution in [2.24, 2.45) is 0 Å². The number of carbonyl (C=O) groups excluding carboxylic acids is 2. The molecule has 1 N–H and O–H groups in total. The average molecular weight is 346 g/mol. The van der Waals surface area contributed by atoms with Crippen LogP contribution in [0.25, 0.3) is 0 Å². The number of alkyl carbamates (subject to hydrolysis) is 1. The maximum absolute atomic E-state index is 14.0. The van der Waals surface area contributed by atoms with Crippen LogP contribution < -0.4 is 5.32 Å². The topological polar surface area (TPSA) is 55.4 Å². The van der Waals surface area contributed by atoms with Gasteiger partial charge in [0.2, 0.25) is 0 Å². The Morgan fingerprint density at radius 1 is 1.50 bits per heavy atom. The van der Waals surface area contributed by atoms with Gasteiger partial charge in [-0.3, -0.25) is 0 Å². The molecular weight excluding hydrogens is 329 g/mol. The third kappa shape index (κ3) is 4.92. The number of rotatable bonds is 4. The van der Waals surface area contributed by atoms with E-state index >= 15 is 0 Å². The summed E-state index contributed by atoms with van der Waals surface area (Å²) in [6.07, 6.45) is -0.0987. The maximum Gasteiger partial charge on any atom is 0.408 e. The lowest BCUT2D eigenvalue weighted by Gasteiger charge is -2.23. The Labute approximate surface area is 125 Å². The Bertz CT molecular complexity index is 500. The zero-order valence-electron chi connectivity index (χ0n) is 11.6. The molecule has 0 radical (unpaired) electrons. The molecule has 6 heteroatoms. The van der Waals surface area contributed by atoms with E-state index in [9.17, 15) is 14.0 Å². The van der Waals surface area contributed by atoms with E-state index in [1.54, 1.807) is 32.9 Å². The second kappa shape index (κ2) is 6.83. The number of nitrogens with one attached hydrogen (secondary N) is 1. The van der Waals surface area contributed by atoms with E-state index < -0.39 is 23.6 Å². The Hall–Kier alpha value is -1.43. The number of aldehydes is 1. The normalized spacial score (nSPS) is 12.7. The van der Waals surface area contributed by atoms with E-state index in [1.165, 1.54) is 6.07 Å². The highest BCUT2D eigenvalue weighted by atomic mass is 79.9. The lowest BCUT2D eigenvalue weighted by atomic mass is 10.0. The van der Waals surface area contributed by atoms with Crippen molar-refractivity contribution in [2.45, 2.75) is 38.8 Å². The highest BCUT2D eigenvalue weighted by Crippen LogP contribution is 2.25. The Balaban J connectivity index is 2.92. The van der Waals surface area contributed by atoms with Crippen molar-refractivity contribution >= 4 is 28.3 Å². The average Bonchev–Trinajstić information content (AvgIpc) is 2.30. The smallest absolute Gasteiger partial charge is 0.408 e. The molecule has 0 fully saturated rings. The van der Waals surface area contributed by atoms with Crippen LogP contribution in [0, 0.1) is 5.82 Å². The molecule has 0 bridgehead atoms. The highest BCUT2D eigenvalue weighted by molar-refractivity contribution is 9.10. The first-order valence-corrected chi connectivity index (χ1v) is 6.91. The van der Waals surface area contributed by atoms with Crippen molar-refractivity contribution in [1.29, 1.82) is 0 Å². The summed E-state index contributed by atoms with van der Waals surface area (Å²) in [7, 11) is 0. The zero-order valence-corrected chi connectivity index (χ0v) is 13.2. The van der Waals surface area contributed by atoms with Crippen molar-refractivity contribution in [3.8, 4) is 0 Å². The van der Waals surface area contributed by atoms with Gasteiger partial charge in [-0.15, -0.1) is 0 Å². The minimum atomic E-state index is -0.764. The van der Waals surface area contributed by atoms with Crippen LogP contribution in [0.4, 0.5) is 9.18 Å². The number of hydrogen-bond donors (Lipinski definition) is 1. The van der Waals surface area contributed by atoms with Crippen LogP contribution >= 0.6 is 15.9 Å². The number of benzene rings is 1. The minimum absolute atomic E-state index is 0.0351. The molecule has 0 saturated heterocycles. The van der Waals surface area contributed by atoms with E-state index in [0.29, 0.717) is 6.29 Å². The first-order chi connectivity index (χ1) is 9.24. The van der Waals surface area contributed by atoms with E-state index in [-0.39, 0.29) is 16.5 Å². The third-order valence-electron chi connectivity index (χ3n) is 2.38. The van der Waals surface area contributed by atoms with Crippen LogP contribution in [0.5, 0.6) is 0 Å². The van der Waals surface area contributed by atoms with Crippen molar-refractivity contribution in [3.05, 3.63) is 34.1 Å². The molecule has 20 heavy (non-hydrogen) atoms. The second-order valence-corrected chi connectivity index (χ2v) is 6.10. The van der Waals surface area contributed by atoms with Crippen LogP contribution in [0.3, 0.4) is 0 Å². The Kier molecular flexibility index (Phi) is 5.68. The summed E-state index contributed by atoms with van der Waals surface area (Å²) in [5.74, 6) is -0.504. The summed E-state index contributed by atoms with van der Waals surface area (Å²) in [5.41, 5.74) is -0.427. The molecule has 0 heterocycles. The largest absolute Gasteiger partial charge is 0.444 e. The molecule has 1 amide bonds. The molecule has 0 aliphatic rings. The molecular formula is C14H17BrFNO3. The van der Waals surface area contributed by atoms with Crippen molar-refractivity contribution in [1.82, 2.24) is 5.32 Å². The predicted octanol–water partition coefficient (Wildman–Crippen LogP) is 3.74. The number of ether oxygens (including phenoxy) is 1. The first-order valence-electron chi connectivity index (χ1n) is 6.11. The molecule has 4 nitrogen and oxygen atoms in total. The van der Waals surface area contributed by atoms with Gasteiger partial charge in [-0.1, -0.05) is 12.1 Å². The van der Waals surface area contributed by atoms with Gasteiger partial charge in [-0.25, -0.2) is 9.18 Å². The molecule has 0 aliphatic carbocycles. The van der Waals surface area contributed by atoms with Gasteiger partial charge in [0.1, 0.15) is 17.7 Å². The van der Waals surface area contributed by atoms with Gasteiger partial charge < -0.3 is 14.8 Å². The number of amides is 1. The van der Waals surface area contributed by atoms with Crippen molar-refractivity contribution < 1.29 is 18.7 Å². The number of carbonyl (C=O) groups is 2. The monoisotopic (exact) mass is 345 g/mol. The van der Waals surface area contributed by atoms with Gasteiger partial charge in [0.15, 0.2) is 0 Å². The van der Waals surface area contributed by atoms with Gasteiger partial charge in [-0.05, 0) is 42.8 Å².